The molecule has 11 nitrogen and oxygen atoms in total. The van der Waals surface area contributed by atoms with Crippen molar-refractivity contribution < 1.29 is 47.4 Å². The Morgan fingerprint density at radius 1 is 0.475 bits per heavy atom. The summed E-state index contributed by atoms with van der Waals surface area (Å²) in [6.45, 7) is 7.18. The molecule has 0 amide bonds. The van der Waals surface area contributed by atoms with Gasteiger partial charge in [-0.05, 0) is 24.3 Å². The Kier molecular flexibility index (Phi) is 20.1. The fourth-order valence-electron chi connectivity index (χ4n) is 3.09. The van der Waals surface area contributed by atoms with E-state index in [2.05, 4.69) is 0 Å². The minimum Gasteiger partial charge on any atom is -0.489 e. The van der Waals surface area contributed by atoms with E-state index in [-0.39, 0.29) is 12.6 Å². The lowest BCUT2D eigenvalue weighted by atomic mass is 10.2. The first kappa shape index (κ1) is 33.4. The maximum absolute atomic E-state index is 11.8. The van der Waals surface area contributed by atoms with E-state index in [4.69, 9.17) is 48.4 Å². The molecule has 0 aliphatic carbocycles. The number of nitrogens with two attached hydrogens (primary N) is 1. The van der Waals surface area contributed by atoms with E-state index in [1.54, 1.807) is 30.3 Å². The Balaban J connectivity index is 1.20. The Bertz CT molecular complexity index is 871. The van der Waals surface area contributed by atoms with Crippen molar-refractivity contribution in [3.05, 3.63) is 60.2 Å². The SMILES string of the molecule is Nc1ccccc1OCCOCCOCCOCCOCCOCCOCCOCCOC(=O)c1ccccc1. The monoisotopic (exact) mass is 565 g/mol. The number of carbonyl (C=O) groups is 1. The number of hydrogen-bond acceptors (Lipinski definition) is 11. The third-order valence-corrected chi connectivity index (χ3v) is 5.11. The summed E-state index contributed by atoms with van der Waals surface area (Å²) in [5.41, 5.74) is 6.95. The fraction of sp³-hybridized carbons (Fsp3) is 0.552. The summed E-state index contributed by atoms with van der Waals surface area (Å²) < 4.78 is 48.8. The molecule has 0 aliphatic heterocycles. The van der Waals surface area contributed by atoms with Gasteiger partial charge in [0.05, 0.1) is 104 Å². The molecule has 0 aromatic heterocycles. The van der Waals surface area contributed by atoms with E-state index in [1.165, 1.54) is 0 Å². The van der Waals surface area contributed by atoms with Crippen LogP contribution in [0, 0.1) is 0 Å². The molecule has 0 aliphatic rings. The molecule has 2 aromatic carbocycles. The van der Waals surface area contributed by atoms with Crippen LogP contribution >= 0.6 is 0 Å². The lowest BCUT2D eigenvalue weighted by Crippen LogP contribution is -2.15. The smallest absolute Gasteiger partial charge is 0.338 e. The van der Waals surface area contributed by atoms with Gasteiger partial charge in [0.15, 0.2) is 0 Å². The van der Waals surface area contributed by atoms with Gasteiger partial charge >= 0.3 is 5.97 Å². The lowest BCUT2D eigenvalue weighted by molar-refractivity contribution is -0.0228. The Labute approximate surface area is 236 Å². The first-order valence-corrected chi connectivity index (χ1v) is 13.5. The van der Waals surface area contributed by atoms with Crippen LogP contribution in [0.15, 0.2) is 54.6 Å². The molecule has 2 N–H and O–H groups in total. The first-order chi connectivity index (χ1) is 19.8. The normalized spacial score (nSPS) is 11.0. The van der Waals surface area contributed by atoms with Crippen LogP contribution in [0.5, 0.6) is 5.75 Å². The van der Waals surface area contributed by atoms with Gasteiger partial charge in [-0.25, -0.2) is 4.79 Å². The minimum atomic E-state index is -0.356. The number of anilines is 1. The highest BCUT2D eigenvalue weighted by atomic mass is 16.6. The number of benzene rings is 2. The molecule has 2 rings (SSSR count). The highest BCUT2D eigenvalue weighted by molar-refractivity contribution is 5.89. The predicted octanol–water partition coefficient (Wildman–Crippen LogP) is 2.62. The van der Waals surface area contributed by atoms with E-state index >= 15 is 0 Å². The molecule has 0 atom stereocenters. The number of rotatable bonds is 26. The third kappa shape index (κ3) is 17.7. The number of carbonyl (C=O) groups excluding carboxylic acids is 1. The molecule has 0 fully saturated rings. The summed E-state index contributed by atoms with van der Waals surface area (Å²) in [5, 5.41) is 0. The zero-order valence-corrected chi connectivity index (χ0v) is 23.2. The van der Waals surface area contributed by atoms with Crippen LogP contribution in [0.25, 0.3) is 0 Å². The van der Waals surface area contributed by atoms with Crippen LogP contribution in [0.1, 0.15) is 10.4 Å². The second-order valence-corrected chi connectivity index (χ2v) is 8.17. The van der Waals surface area contributed by atoms with Gasteiger partial charge in [0, 0.05) is 0 Å². The van der Waals surface area contributed by atoms with Gasteiger partial charge in [-0.2, -0.15) is 0 Å². The molecule has 224 valence electrons. The highest BCUT2D eigenvalue weighted by Crippen LogP contribution is 2.19. The molecule has 0 heterocycles. The molecule has 0 saturated heterocycles. The standard InChI is InChI=1S/C29H43NO10/c30-27-8-4-5-9-28(27)39-24-22-37-20-18-35-16-14-33-12-10-32-11-13-34-15-17-36-19-21-38-23-25-40-29(31)26-6-2-1-3-7-26/h1-9H,10-25,30H2. The van der Waals surface area contributed by atoms with E-state index in [0.29, 0.717) is 116 Å². The molecule has 0 radical (unpaired) electrons. The molecular weight excluding hydrogens is 522 g/mol. The summed E-state index contributed by atoms with van der Waals surface area (Å²) >= 11 is 0. The van der Waals surface area contributed by atoms with Crippen molar-refractivity contribution in [2.24, 2.45) is 0 Å². The maximum atomic E-state index is 11.8. The zero-order chi connectivity index (χ0) is 28.4. The zero-order valence-electron chi connectivity index (χ0n) is 23.2. The van der Waals surface area contributed by atoms with Crippen LogP contribution in [-0.4, -0.2) is 112 Å². The molecular formula is C29H43NO10. The van der Waals surface area contributed by atoms with Gasteiger partial charge in [-0.15, -0.1) is 0 Å². The molecule has 11 heteroatoms. The minimum absolute atomic E-state index is 0.203. The topological polar surface area (TPSA) is 126 Å². The number of hydrogen-bond donors (Lipinski definition) is 1. The Morgan fingerprint density at radius 3 is 1.30 bits per heavy atom. The van der Waals surface area contributed by atoms with Crippen molar-refractivity contribution in [2.45, 2.75) is 0 Å². The average Bonchev–Trinajstić information content (AvgIpc) is 2.98. The summed E-state index contributed by atoms with van der Waals surface area (Å²) in [6.07, 6.45) is 0. The molecule has 0 bridgehead atoms. The quantitative estimate of drug-likeness (QED) is 0.103. The van der Waals surface area contributed by atoms with Crippen molar-refractivity contribution >= 4 is 11.7 Å². The van der Waals surface area contributed by atoms with E-state index in [9.17, 15) is 4.79 Å². The Hall–Kier alpha value is -2.77. The molecule has 40 heavy (non-hydrogen) atoms. The summed E-state index contributed by atoms with van der Waals surface area (Å²) in [7, 11) is 0. The lowest BCUT2D eigenvalue weighted by Gasteiger charge is -2.09. The van der Waals surface area contributed by atoms with Crippen LogP contribution < -0.4 is 10.5 Å². The van der Waals surface area contributed by atoms with E-state index in [0.717, 1.165) is 0 Å². The van der Waals surface area contributed by atoms with E-state index < -0.39 is 0 Å². The fourth-order valence-corrected chi connectivity index (χ4v) is 3.09. The predicted molar refractivity (Wildman–Crippen MR) is 149 cm³/mol. The van der Waals surface area contributed by atoms with Gasteiger partial charge in [0.25, 0.3) is 0 Å². The molecule has 0 saturated carbocycles. The second kappa shape index (κ2) is 24.1. The van der Waals surface area contributed by atoms with Crippen LogP contribution in [-0.2, 0) is 37.9 Å². The van der Waals surface area contributed by atoms with Gasteiger partial charge in [0.2, 0.25) is 0 Å². The van der Waals surface area contributed by atoms with E-state index in [1.807, 2.05) is 24.3 Å². The van der Waals surface area contributed by atoms with Gasteiger partial charge < -0.3 is 48.4 Å². The first-order valence-electron chi connectivity index (χ1n) is 13.5. The van der Waals surface area contributed by atoms with Crippen molar-refractivity contribution in [1.82, 2.24) is 0 Å². The van der Waals surface area contributed by atoms with Crippen molar-refractivity contribution in [2.75, 3.05) is 111 Å². The summed E-state index contributed by atoms with van der Waals surface area (Å²) in [5.74, 6) is 0.309. The molecule has 0 spiro atoms. The number of esters is 1. The Morgan fingerprint density at radius 2 is 0.850 bits per heavy atom. The van der Waals surface area contributed by atoms with Crippen molar-refractivity contribution in [3.63, 3.8) is 0 Å². The van der Waals surface area contributed by atoms with Crippen LogP contribution in [0.2, 0.25) is 0 Å². The van der Waals surface area contributed by atoms with Gasteiger partial charge in [-0.1, -0.05) is 30.3 Å². The van der Waals surface area contributed by atoms with Crippen molar-refractivity contribution in [3.8, 4) is 5.75 Å². The van der Waals surface area contributed by atoms with Gasteiger partial charge in [-0.3, -0.25) is 0 Å². The summed E-state index contributed by atoms with van der Waals surface area (Å²) in [4.78, 5) is 11.8. The van der Waals surface area contributed by atoms with Crippen molar-refractivity contribution in [1.29, 1.82) is 0 Å². The molecule has 2 aromatic rings. The highest BCUT2D eigenvalue weighted by Gasteiger charge is 2.05. The third-order valence-electron chi connectivity index (χ3n) is 5.11. The van der Waals surface area contributed by atoms with Crippen LogP contribution in [0.3, 0.4) is 0 Å². The van der Waals surface area contributed by atoms with Gasteiger partial charge in [0.1, 0.15) is 19.0 Å². The van der Waals surface area contributed by atoms with Crippen LogP contribution in [0.4, 0.5) is 5.69 Å². The number of ether oxygens (including phenoxy) is 9. The molecule has 0 unspecified atom stereocenters. The largest absolute Gasteiger partial charge is 0.489 e. The second-order valence-electron chi connectivity index (χ2n) is 8.17. The average molecular weight is 566 g/mol. The number of nitrogen functional groups attached to an aromatic ring is 1. The number of para-hydroxylation sites is 2. The summed E-state index contributed by atoms with van der Waals surface area (Å²) in [6, 6.07) is 16.2. The maximum Gasteiger partial charge on any atom is 0.338 e.